The van der Waals surface area contributed by atoms with Crippen LogP contribution in [-0.2, 0) is 6.42 Å². The predicted octanol–water partition coefficient (Wildman–Crippen LogP) is 3.21. The molecule has 0 aliphatic rings. The van der Waals surface area contributed by atoms with Crippen molar-refractivity contribution in [3.05, 3.63) is 46.7 Å². The van der Waals surface area contributed by atoms with Gasteiger partial charge in [0.2, 0.25) is 0 Å². The molecule has 4 heteroatoms. The summed E-state index contributed by atoms with van der Waals surface area (Å²) < 4.78 is 0. The molecule has 1 atom stereocenters. The third kappa shape index (κ3) is 3.89. The van der Waals surface area contributed by atoms with Crippen LogP contribution in [0.1, 0.15) is 36.4 Å². The Balaban J connectivity index is 1.87. The van der Waals surface area contributed by atoms with Crippen molar-refractivity contribution in [3.8, 4) is 0 Å². The van der Waals surface area contributed by atoms with Crippen LogP contribution >= 0.6 is 11.3 Å². The number of thiophene rings is 1. The average Bonchev–Trinajstić information content (AvgIpc) is 2.92. The minimum atomic E-state index is 0.323. The third-order valence-electron chi connectivity index (χ3n) is 2.89. The lowest BCUT2D eigenvalue weighted by atomic mass is 10.1. The number of nitrogens with one attached hydrogen (secondary N) is 1. The first-order chi connectivity index (χ1) is 8.90. The maximum Gasteiger partial charge on any atom is 0.0756 e. The molecular formula is C14H19N3S. The highest BCUT2D eigenvalue weighted by atomic mass is 32.1. The molecule has 0 spiro atoms. The predicted molar refractivity (Wildman–Crippen MR) is 75.7 cm³/mol. The first kappa shape index (κ1) is 13.2. The molecule has 0 aliphatic heterocycles. The van der Waals surface area contributed by atoms with Gasteiger partial charge in [-0.25, -0.2) is 0 Å². The van der Waals surface area contributed by atoms with Crippen LogP contribution in [0.2, 0.25) is 0 Å². The van der Waals surface area contributed by atoms with Gasteiger partial charge in [0.15, 0.2) is 0 Å². The number of hydrogen-bond acceptors (Lipinski definition) is 4. The molecule has 0 radical (unpaired) electrons. The molecule has 96 valence electrons. The van der Waals surface area contributed by atoms with Crippen LogP contribution in [-0.4, -0.2) is 16.5 Å². The zero-order valence-electron chi connectivity index (χ0n) is 10.7. The Labute approximate surface area is 112 Å². The van der Waals surface area contributed by atoms with E-state index < -0.39 is 0 Å². The molecule has 2 aromatic rings. The summed E-state index contributed by atoms with van der Waals surface area (Å²) in [4.78, 5) is 10.00. The van der Waals surface area contributed by atoms with Crippen molar-refractivity contribution >= 4 is 11.3 Å². The molecular weight excluding hydrogens is 242 g/mol. The van der Waals surface area contributed by atoms with E-state index in [1.165, 1.54) is 11.3 Å². The largest absolute Gasteiger partial charge is 0.309 e. The molecule has 18 heavy (non-hydrogen) atoms. The second-order valence-corrected chi connectivity index (χ2v) is 5.24. The van der Waals surface area contributed by atoms with Gasteiger partial charge in [0.25, 0.3) is 0 Å². The summed E-state index contributed by atoms with van der Waals surface area (Å²) >= 11 is 1.84. The number of hydrogen-bond donors (Lipinski definition) is 1. The Morgan fingerprint density at radius 3 is 3.00 bits per heavy atom. The minimum absolute atomic E-state index is 0.323. The summed E-state index contributed by atoms with van der Waals surface area (Å²) in [5.74, 6) is 0. The highest BCUT2D eigenvalue weighted by Crippen LogP contribution is 2.18. The summed E-state index contributed by atoms with van der Waals surface area (Å²) in [6.45, 7) is 3.09. The van der Waals surface area contributed by atoms with Crippen molar-refractivity contribution in [1.29, 1.82) is 0 Å². The number of aromatic nitrogens is 2. The Morgan fingerprint density at radius 2 is 2.33 bits per heavy atom. The lowest BCUT2D eigenvalue weighted by molar-refractivity contribution is 0.487. The molecule has 0 fully saturated rings. The van der Waals surface area contributed by atoms with E-state index in [0.717, 1.165) is 25.1 Å². The van der Waals surface area contributed by atoms with Crippen molar-refractivity contribution in [2.45, 2.75) is 32.2 Å². The van der Waals surface area contributed by atoms with Gasteiger partial charge in [-0.3, -0.25) is 9.97 Å². The standard InChI is InChI=1S/C14H19N3S/c1-2-16-13(14-11-15-8-9-17-14)7-3-5-12-6-4-10-18-12/h4,6,8-11,13,16H,2-3,5,7H2,1H3. The van der Waals surface area contributed by atoms with Gasteiger partial charge in [-0.1, -0.05) is 13.0 Å². The van der Waals surface area contributed by atoms with Crippen LogP contribution < -0.4 is 5.32 Å². The average molecular weight is 261 g/mol. The van der Waals surface area contributed by atoms with Gasteiger partial charge in [0, 0.05) is 23.5 Å². The van der Waals surface area contributed by atoms with Crippen LogP contribution in [0, 0.1) is 0 Å². The van der Waals surface area contributed by atoms with Crippen LogP contribution in [0.15, 0.2) is 36.1 Å². The summed E-state index contributed by atoms with van der Waals surface area (Å²) in [5, 5.41) is 5.62. The summed E-state index contributed by atoms with van der Waals surface area (Å²) in [6, 6.07) is 4.64. The normalized spacial score (nSPS) is 12.5. The molecule has 1 N–H and O–H groups in total. The van der Waals surface area contributed by atoms with Crippen LogP contribution in [0.3, 0.4) is 0 Å². The zero-order chi connectivity index (χ0) is 12.6. The Kier molecular flexibility index (Phi) is 5.30. The Hall–Kier alpha value is -1.26. The topological polar surface area (TPSA) is 37.8 Å². The molecule has 0 aromatic carbocycles. The molecule has 0 saturated carbocycles. The Bertz CT molecular complexity index is 428. The molecule has 0 saturated heterocycles. The van der Waals surface area contributed by atoms with Crippen LogP contribution in [0.25, 0.3) is 0 Å². The fourth-order valence-corrected chi connectivity index (χ4v) is 2.78. The molecule has 0 bridgehead atoms. The van der Waals surface area contributed by atoms with Gasteiger partial charge in [0.1, 0.15) is 0 Å². The summed E-state index contributed by atoms with van der Waals surface area (Å²) in [6.07, 6.45) is 8.77. The monoisotopic (exact) mass is 261 g/mol. The summed E-state index contributed by atoms with van der Waals surface area (Å²) in [5.41, 5.74) is 1.05. The fourth-order valence-electron chi connectivity index (χ4n) is 2.03. The minimum Gasteiger partial charge on any atom is -0.309 e. The third-order valence-corrected chi connectivity index (χ3v) is 3.82. The zero-order valence-corrected chi connectivity index (χ0v) is 11.5. The van der Waals surface area contributed by atoms with Crippen molar-refractivity contribution in [1.82, 2.24) is 15.3 Å². The van der Waals surface area contributed by atoms with Gasteiger partial charge < -0.3 is 5.32 Å². The van der Waals surface area contributed by atoms with E-state index in [1.54, 1.807) is 12.4 Å². The molecule has 0 amide bonds. The molecule has 2 rings (SSSR count). The van der Waals surface area contributed by atoms with Crippen molar-refractivity contribution in [2.24, 2.45) is 0 Å². The molecule has 1 unspecified atom stereocenters. The van der Waals surface area contributed by atoms with E-state index in [1.807, 2.05) is 17.5 Å². The quantitative estimate of drug-likeness (QED) is 0.831. The lowest BCUT2D eigenvalue weighted by Crippen LogP contribution is -2.22. The Morgan fingerprint density at radius 1 is 1.39 bits per heavy atom. The molecule has 0 aliphatic carbocycles. The SMILES string of the molecule is CCNC(CCCc1cccs1)c1cnccn1. The van der Waals surface area contributed by atoms with Gasteiger partial charge in [-0.05, 0) is 37.3 Å². The van der Waals surface area contributed by atoms with E-state index in [2.05, 4.69) is 39.7 Å². The van der Waals surface area contributed by atoms with Crippen molar-refractivity contribution in [2.75, 3.05) is 6.54 Å². The van der Waals surface area contributed by atoms with Gasteiger partial charge in [-0.15, -0.1) is 11.3 Å². The number of aryl methyl sites for hydroxylation is 1. The molecule has 3 nitrogen and oxygen atoms in total. The van der Waals surface area contributed by atoms with Crippen LogP contribution in [0.5, 0.6) is 0 Å². The van der Waals surface area contributed by atoms with E-state index in [-0.39, 0.29) is 0 Å². The molecule has 2 aromatic heterocycles. The maximum absolute atomic E-state index is 4.39. The van der Waals surface area contributed by atoms with Crippen LogP contribution in [0.4, 0.5) is 0 Å². The van der Waals surface area contributed by atoms with Crippen molar-refractivity contribution in [3.63, 3.8) is 0 Å². The van der Waals surface area contributed by atoms with E-state index in [9.17, 15) is 0 Å². The van der Waals surface area contributed by atoms with E-state index in [0.29, 0.717) is 6.04 Å². The second kappa shape index (κ2) is 7.24. The number of nitrogens with zero attached hydrogens (tertiary/aromatic N) is 2. The van der Waals surface area contributed by atoms with E-state index >= 15 is 0 Å². The van der Waals surface area contributed by atoms with E-state index in [4.69, 9.17) is 0 Å². The maximum atomic E-state index is 4.39. The fraction of sp³-hybridized carbons (Fsp3) is 0.429. The highest BCUT2D eigenvalue weighted by Gasteiger charge is 2.11. The lowest BCUT2D eigenvalue weighted by Gasteiger charge is -2.16. The highest BCUT2D eigenvalue weighted by molar-refractivity contribution is 7.09. The summed E-state index contributed by atoms with van der Waals surface area (Å²) in [7, 11) is 0. The van der Waals surface area contributed by atoms with Gasteiger partial charge in [0.05, 0.1) is 11.7 Å². The first-order valence-electron chi connectivity index (χ1n) is 6.42. The van der Waals surface area contributed by atoms with Crippen molar-refractivity contribution < 1.29 is 0 Å². The number of rotatable bonds is 7. The first-order valence-corrected chi connectivity index (χ1v) is 7.29. The van der Waals surface area contributed by atoms with Gasteiger partial charge >= 0.3 is 0 Å². The smallest absolute Gasteiger partial charge is 0.0756 e. The molecule has 2 heterocycles. The second-order valence-electron chi connectivity index (χ2n) is 4.21. The van der Waals surface area contributed by atoms with Gasteiger partial charge in [-0.2, -0.15) is 0 Å².